The van der Waals surface area contributed by atoms with Crippen molar-refractivity contribution in [1.82, 2.24) is 5.43 Å². The Bertz CT molecular complexity index is 1340. The summed E-state index contributed by atoms with van der Waals surface area (Å²) in [6, 6.07) is 26.9. The number of fused-ring (bicyclic) bond motifs is 1. The summed E-state index contributed by atoms with van der Waals surface area (Å²) in [5, 5.41) is 6.37. The highest BCUT2D eigenvalue weighted by Gasteiger charge is 2.12. The van der Waals surface area contributed by atoms with Crippen LogP contribution in [-0.4, -0.2) is 24.7 Å². The summed E-state index contributed by atoms with van der Waals surface area (Å²) in [5.41, 5.74) is 3.32. The number of hydrazone groups is 1. The molecule has 4 aromatic rings. The molecule has 0 aliphatic heterocycles. The van der Waals surface area contributed by atoms with Gasteiger partial charge in [-0.25, -0.2) is 10.2 Å². The van der Waals surface area contributed by atoms with Crippen molar-refractivity contribution in [1.29, 1.82) is 0 Å². The van der Waals surface area contributed by atoms with Gasteiger partial charge in [-0.3, -0.25) is 4.79 Å². The topological polar surface area (TPSA) is 77.0 Å². The van der Waals surface area contributed by atoms with Crippen molar-refractivity contribution < 1.29 is 19.1 Å². The lowest BCUT2D eigenvalue weighted by Gasteiger charge is -2.07. The van der Waals surface area contributed by atoms with E-state index in [1.165, 1.54) is 6.21 Å². The number of benzene rings is 4. The van der Waals surface area contributed by atoms with Crippen LogP contribution >= 0.6 is 11.6 Å². The summed E-state index contributed by atoms with van der Waals surface area (Å²) >= 11 is 6.03. The van der Waals surface area contributed by atoms with Gasteiger partial charge in [-0.1, -0.05) is 66.2 Å². The third-order valence-corrected chi connectivity index (χ3v) is 4.99. The normalized spacial score (nSPS) is 10.8. The molecule has 0 aliphatic rings. The summed E-state index contributed by atoms with van der Waals surface area (Å²) < 4.78 is 10.9. The first-order valence-corrected chi connectivity index (χ1v) is 10.5. The highest BCUT2D eigenvalue weighted by atomic mass is 35.5. The van der Waals surface area contributed by atoms with Crippen LogP contribution < -0.4 is 14.9 Å². The summed E-state index contributed by atoms with van der Waals surface area (Å²) in [6.07, 6.45) is 1.45. The molecular weight excluding hydrogens is 440 g/mol. The summed E-state index contributed by atoms with van der Waals surface area (Å²) in [5.74, 6) is -0.0368. The first-order chi connectivity index (χ1) is 16.1. The minimum absolute atomic E-state index is 0.175. The quantitative estimate of drug-likeness (QED) is 0.178. The highest BCUT2D eigenvalue weighted by molar-refractivity contribution is 6.33. The standard InChI is InChI=1S/C26H19ClN2O4/c27-24-11-4-3-10-23(24)26(31)33-22-9-5-6-18(14-22)16-28-29-25(30)17-32-21-13-12-19-7-1-2-8-20(19)15-21/h1-16H,17H2,(H,29,30)/b28-16+. The molecule has 0 heterocycles. The van der Waals surface area contributed by atoms with Crippen molar-refractivity contribution in [2.75, 3.05) is 6.61 Å². The van der Waals surface area contributed by atoms with Gasteiger partial charge in [0.05, 0.1) is 16.8 Å². The van der Waals surface area contributed by atoms with E-state index in [1.54, 1.807) is 48.5 Å². The molecule has 0 radical (unpaired) electrons. The Morgan fingerprint density at radius 3 is 2.48 bits per heavy atom. The Hall–Kier alpha value is -4.16. The van der Waals surface area contributed by atoms with E-state index in [1.807, 2.05) is 42.5 Å². The van der Waals surface area contributed by atoms with E-state index >= 15 is 0 Å². The molecule has 1 N–H and O–H groups in total. The maximum absolute atomic E-state index is 12.3. The molecule has 7 heteroatoms. The molecule has 0 unspecified atom stereocenters. The smallest absolute Gasteiger partial charge is 0.345 e. The van der Waals surface area contributed by atoms with Gasteiger partial charge in [0.15, 0.2) is 6.61 Å². The molecule has 0 aromatic heterocycles. The molecular formula is C26H19ClN2O4. The molecule has 0 fully saturated rings. The molecule has 0 spiro atoms. The molecule has 164 valence electrons. The highest BCUT2D eigenvalue weighted by Crippen LogP contribution is 2.21. The van der Waals surface area contributed by atoms with Crippen molar-refractivity contribution >= 4 is 40.5 Å². The molecule has 4 aromatic carbocycles. The number of nitrogens with one attached hydrogen (secondary N) is 1. The monoisotopic (exact) mass is 458 g/mol. The second-order valence-corrected chi connectivity index (χ2v) is 7.44. The van der Waals surface area contributed by atoms with Crippen LogP contribution in [0, 0.1) is 0 Å². The lowest BCUT2D eigenvalue weighted by atomic mass is 10.1. The Morgan fingerprint density at radius 1 is 0.848 bits per heavy atom. The molecule has 0 bridgehead atoms. The number of hydrogen-bond acceptors (Lipinski definition) is 5. The summed E-state index contributed by atoms with van der Waals surface area (Å²) in [6.45, 7) is -0.175. The Balaban J connectivity index is 1.30. The Labute approximate surface area is 195 Å². The fourth-order valence-corrected chi connectivity index (χ4v) is 3.28. The first-order valence-electron chi connectivity index (χ1n) is 10.1. The van der Waals surface area contributed by atoms with E-state index in [4.69, 9.17) is 21.1 Å². The molecule has 33 heavy (non-hydrogen) atoms. The van der Waals surface area contributed by atoms with Crippen molar-refractivity contribution in [3.8, 4) is 11.5 Å². The molecule has 6 nitrogen and oxygen atoms in total. The van der Waals surface area contributed by atoms with E-state index in [0.29, 0.717) is 22.1 Å². The lowest BCUT2D eigenvalue weighted by molar-refractivity contribution is -0.123. The van der Waals surface area contributed by atoms with E-state index in [-0.39, 0.29) is 12.2 Å². The van der Waals surface area contributed by atoms with Crippen LogP contribution in [0.15, 0.2) is 96.1 Å². The largest absolute Gasteiger partial charge is 0.484 e. The Kier molecular flexibility index (Phi) is 6.97. The van der Waals surface area contributed by atoms with E-state index in [2.05, 4.69) is 10.5 Å². The zero-order valence-electron chi connectivity index (χ0n) is 17.4. The number of halogens is 1. The second-order valence-electron chi connectivity index (χ2n) is 7.03. The number of hydrogen-bond donors (Lipinski definition) is 1. The number of esters is 1. The van der Waals surface area contributed by atoms with Gasteiger partial charge in [-0.15, -0.1) is 0 Å². The van der Waals surface area contributed by atoms with Gasteiger partial charge in [-0.05, 0) is 52.7 Å². The number of nitrogens with zero attached hydrogens (tertiary/aromatic N) is 1. The number of ether oxygens (including phenoxy) is 2. The second kappa shape index (κ2) is 10.4. The van der Waals surface area contributed by atoms with Crippen molar-refractivity contribution in [3.05, 3.63) is 107 Å². The molecule has 0 aliphatic carbocycles. The fraction of sp³-hybridized carbons (Fsp3) is 0.0385. The fourth-order valence-electron chi connectivity index (χ4n) is 3.06. The van der Waals surface area contributed by atoms with Crippen LogP contribution in [-0.2, 0) is 4.79 Å². The van der Waals surface area contributed by atoms with E-state index < -0.39 is 11.9 Å². The Morgan fingerprint density at radius 2 is 1.64 bits per heavy atom. The van der Waals surface area contributed by atoms with Crippen LogP contribution in [0.25, 0.3) is 10.8 Å². The maximum Gasteiger partial charge on any atom is 0.345 e. The predicted octanol–water partition coefficient (Wildman–Crippen LogP) is 5.24. The van der Waals surface area contributed by atoms with Crippen LogP contribution in [0.5, 0.6) is 11.5 Å². The summed E-state index contributed by atoms with van der Waals surface area (Å²) in [7, 11) is 0. The lowest BCUT2D eigenvalue weighted by Crippen LogP contribution is -2.24. The zero-order chi connectivity index (χ0) is 23.0. The molecule has 0 saturated heterocycles. The van der Waals surface area contributed by atoms with Crippen LogP contribution in [0.1, 0.15) is 15.9 Å². The number of carbonyl (C=O) groups is 2. The predicted molar refractivity (Wildman–Crippen MR) is 128 cm³/mol. The average molecular weight is 459 g/mol. The maximum atomic E-state index is 12.3. The number of carbonyl (C=O) groups excluding carboxylic acids is 2. The molecule has 0 atom stereocenters. The van der Waals surface area contributed by atoms with Gasteiger partial charge < -0.3 is 9.47 Å². The van der Waals surface area contributed by atoms with Crippen molar-refractivity contribution in [2.45, 2.75) is 0 Å². The van der Waals surface area contributed by atoms with Crippen LogP contribution in [0.2, 0.25) is 5.02 Å². The minimum Gasteiger partial charge on any atom is -0.484 e. The third-order valence-electron chi connectivity index (χ3n) is 4.66. The van der Waals surface area contributed by atoms with Gasteiger partial charge in [0.1, 0.15) is 11.5 Å². The SMILES string of the molecule is O=C(COc1ccc2ccccc2c1)N/N=C/c1cccc(OC(=O)c2ccccc2Cl)c1. The van der Waals surface area contributed by atoms with Gasteiger partial charge in [0.25, 0.3) is 5.91 Å². The average Bonchev–Trinajstić information content (AvgIpc) is 2.83. The van der Waals surface area contributed by atoms with Gasteiger partial charge in [0, 0.05) is 0 Å². The van der Waals surface area contributed by atoms with Crippen LogP contribution in [0.3, 0.4) is 0 Å². The van der Waals surface area contributed by atoms with Crippen LogP contribution in [0.4, 0.5) is 0 Å². The third kappa shape index (κ3) is 5.96. The number of rotatable bonds is 7. The van der Waals surface area contributed by atoms with Gasteiger partial charge in [-0.2, -0.15) is 5.10 Å². The molecule has 1 amide bonds. The zero-order valence-corrected chi connectivity index (χ0v) is 18.2. The minimum atomic E-state index is -0.561. The summed E-state index contributed by atoms with van der Waals surface area (Å²) in [4.78, 5) is 24.3. The molecule has 4 rings (SSSR count). The van der Waals surface area contributed by atoms with Crippen molar-refractivity contribution in [2.24, 2.45) is 5.10 Å². The number of amides is 1. The van der Waals surface area contributed by atoms with Crippen molar-refractivity contribution in [3.63, 3.8) is 0 Å². The molecule has 0 saturated carbocycles. The van der Waals surface area contributed by atoms with Gasteiger partial charge in [0.2, 0.25) is 0 Å². The first kappa shape index (κ1) is 22.0. The van der Waals surface area contributed by atoms with E-state index in [9.17, 15) is 9.59 Å². The van der Waals surface area contributed by atoms with Gasteiger partial charge >= 0.3 is 5.97 Å². The van der Waals surface area contributed by atoms with E-state index in [0.717, 1.165) is 10.8 Å².